The van der Waals surface area contributed by atoms with Crippen LogP contribution in [0.5, 0.6) is 0 Å². The summed E-state index contributed by atoms with van der Waals surface area (Å²) in [6.07, 6.45) is 2.45. The van der Waals surface area contributed by atoms with Crippen molar-refractivity contribution >= 4 is 15.8 Å². The van der Waals surface area contributed by atoms with Gasteiger partial charge in [0, 0.05) is 59.0 Å². The van der Waals surface area contributed by atoms with Crippen molar-refractivity contribution in [1.82, 2.24) is 25.0 Å². The minimum absolute atomic E-state index is 0.0233. The molecule has 0 radical (unpaired) electrons. The van der Waals surface area contributed by atoms with Gasteiger partial charge in [-0.05, 0) is 69.6 Å². The lowest BCUT2D eigenvalue weighted by Crippen LogP contribution is -2.69. The lowest BCUT2D eigenvalue weighted by molar-refractivity contribution is -0.137. The Morgan fingerprint density at radius 2 is 1.64 bits per heavy atom. The molecule has 5 fully saturated rings. The first-order valence-corrected chi connectivity index (χ1v) is 15.5. The summed E-state index contributed by atoms with van der Waals surface area (Å²) >= 11 is 0. The van der Waals surface area contributed by atoms with Gasteiger partial charge < -0.3 is 9.80 Å². The quantitative estimate of drug-likeness (QED) is 0.524. The maximum Gasteiger partial charge on any atom is 0.416 e. The zero-order valence-electron chi connectivity index (χ0n) is 21.7. The standard InChI is InChI=1S/C27H33F3N6O2S/c28-27(29,30)19-2-1-3-21(10-19)39(31,38)20-6-8-25(9-7-20)13-35(14-25)24(37)36-15-26(16-36)11-18(12-26)23-32-22(33-34-23)17-4-5-17/h1-3,10,17-18,20,31H,4-9,11-16H2,(H,32,33,34). The fraction of sp³-hybridized carbons (Fsp3) is 0.667. The number of benzene rings is 1. The maximum atomic E-state index is 13.3. The number of urea groups is 1. The molecule has 2 aliphatic heterocycles. The van der Waals surface area contributed by atoms with E-state index in [2.05, 4.69) is 10.2 Å². The average molecular weight is 563 g/mol. The van der Waals surface area contributed by atoms with Gasteiger partial charge in [-0.3, -0.25) is 5.10 Å². The Bertz CT molecular complexity index is 1390. The van der Waals surface area contributed by atoms with Gasteiger partial charge in [-0.25, -0.2) is 18.8 Å². The Morgan fingerprint density at radius 1 is 1.00 bits per heavy atom. The molecule has 3 heterocycles. The lowest BCUT2D eigenvalue weighted by atomic mass is 9.57. The van der Waals surface area contributed by atoms with E-state index in [4.69, 9.17) is 9.76 Å². The van der Waals surface area contributed by atoms with E-state index in [9.17, 15) is 22.2 Å². The molecule has 39 heavy (non-hydrogen) atoms. The van der Waals surface area contributed by atoms with Crippen LogP contribution < -0.4 is 0 Å². The van der Waals surface area contributed by atoms with E-state index in [1.54, 1.807) is 0 Å². The van der Waals surface area contributed by atoms with Gasteiger partial charge in [0.05, 0.1) is 15.3 Å². The lowest BCUT2D eigenvalue weighted by Gasteiger charge is -2.61. The predicted octanol–water partition coefficient (Wildman–Crippen LogP) is 5.35. The molecule has 210 valence electrons. The van der Waals surface area contributed by atoms with Crippen LogP contribution in [0, 0.1) is 15.6 Å². The number of hydrogen-bond acceptors (Lipinski definition) is 5. The van der Waals surface area contributed by atoms with Gasteiger partial charge in [0.15, 0.2) is 5.82 Å². The first kappa shape index (κ1) is 25.3. The molecular formula is C27H33F3N6O2S. The third-order valence-corrected chi connectivity index (χ3v) is 12.2. The minimum atomic E-state index is -4.53. The number of nitrogens with one attached hydrogen (secondary N) is 2. The number of H-pyrrole nitrogens is 1. The number of aromatic amines is 1. The van der Waals surface area contributed by atoms with Crippen LogP contribution in [-0.2, 0) is 15.9 Å². The molecule has 12 heteroatoms. The highest BCUT2D eigenvalue weighted by Gasteiger charge is 2.57. The zero-order valence-corrected chi connectivity index (χ0v) is 22.5. The molecule has 5 aliphatic rings. The predicted molar refractivity (Wildman–Crippen MR) is 137 cm³/mol. The summed E-state index contributed by atoms with van der Waals surface area (Å²) in [7, 11) is -3.35. The number of alkyl halides is 3. The van der Waals surface area contributed by atoms with Gasteiger partial charge in [0.2, 0.25) is 0 Å². The molecule has 1 unspecified atom stereocenters. The second-order valence-corrected chi connectivity index (χ2v) is 15.1. The molecule has 0 bridgehead atoms. The molecule has 2 spiro atoms. The van der Waals surface area contributed by atoms with Crippen molar-refractivity contribution in [3.05, 3.63) is 41.5 Å². The van der Waals surface area contributed by atoms with Crippen molar-refractivity contribution in [1.29, 1.82) is 4.78 Å². The summed E-state index contributed by atoms with van der Waals surface area (Å²) in [6, 6.07) is 4.50. The molecule has 2 N–H and O–H groups in total. The number of nitrogens with zero attached hydrogens (tertiary/aromatic N) is 4. The number of halogens is 3. The summed E-state index contributed by atoms with van der Waals surface area (Å²) in [6.45, 7) is 2.89. The molecule has 3 aliphatic carbocycles. The largest absolute Gasteiger partial charge is 0.416 e. The molecular weight excluding hydrogens is 529 g/mol. The zero-order chi connectivity index (χ0) is 27.2. The molecule has 1 aromatic carbocycles. The van der Waals surface area contributed by atoms with Crippen LogP contribution in [0.4, 0.5) is 18.0 Å². The molecule has 7 rings (SSSR count). The third-order valence-electron chi connectivity index (χ3n) is 9.83. The minimum Gasteiger partial charge on any atom is -0.323 e. The average Bonchev–Trinajstić information content (AvgIpc) is 3.57. The SMILES string of the molecule is N=S(=O)(c1cccc(C(F)(F)F)c1)C1CCC2(CC1)CN(C(=O)N1CC3(CC(c4n[nH]c(C5CC5)n4)C3)C1)C2. The van der Waals surface area contributed by atoms with Crippen LogP contribution in [0.15, 0.2) is 29.2 Å². The van der Waals surface area contributed by atoms with Crippen molar-refractivity contribution in [2.24, 2.45) is 10.8 Å². The Morgan fingerprint density at radius 3 is 2.26 bits per heavy atom. The third kappa shape index (κ3) is 4.33. The monoisotopic (exact) mass is 562 g/mol. The van der Waals surface area contributed by atoms with Crippen molar-refractivity contribution in [2.75, 3.05) is 26.2 Å². The van der Waals surface area contributed by atoms with E-state index in [1.807, 2.05) is 9.80 Å². The Labute approximate surface area is 225 Å². The van der Waals surface area contributed by atoms with Crippen LogP contribution >= 0.6 is 0 Å². The first-order chi connectivity index (χ1) is 18.5. The van der Waals surface area contributed by atoms with E-state index in [1.165, 1.54) is 25.0 Å². The smallest absolute Gasteiger partial charge is 0.323 e. The number of aromatic nitrogens is 3. The van der Waals surface area contributed by atoms with E-state index in [0.29, 0.717) is 37.8 Å². The van der Waals surface area contributed by atoms with E-state index < -0.39 is 26.7 Å². The van der Waals surface area contributed by atoms with Crippen molar-refractivity contribution in [3.63, 3.8) is 0 Å². The van der Waals surface area contributed by atoms with Crippen molar-refractivity contribution in [3.8, 4) is 0 Å². The summed E-state index contributed by atoms with van der Waals surface area (Å²) < 4.78 is 61.2. The number of carbonyl (C=O) groups excluding carboxylic acids is 1. The van der Waals surface area contributed by atoms with E-state index >= 15 is 0 Å². The molecule has 8 nitrogen and oxygen atoms in total. The Balaban J connectivity index is 0.886. The number of rotatable bonds is 4. The van der Waals surface area contributed by atoms with Crippen LogP contribution in [0.1, 0.15) is 80.4 Å². The first-order valence-electron chi connectivity index (χ1n) is 13.9. The molecule has 2 amide bonds. The van der Waals surface area contributed by atoms with Gasteiger partial charge in [-0.1, -0.05) is 6.07 Å². The van der Waals surface area contributed by atoms with Crippen LogP contribution in [0.2, 0.25) is 0 Å². The highest BCUT2D eigenvalue weighted by atomic mass is 32.2. The Hall–Kier alpha value is -2.63. The summed E-state index contributed by atoms with van der Waals surface area (Å²) in [5.41, 5.74) is -0.685. The highest BCUT2D eigenvalue weighted by Crippen LogP contribution is 2.56. The van der Waals surface area contributed by atoms with Crippen LogP contribution in [-0.4, -0.2) is 66.7 Å². The van der Waals surface area contributed by atoms with Gasteiger partial charge in [0.1, 0.15) is 5.82 Å². The molecule has 1 atom stereocenters. The fourth-order valence-electron chi connectivity index (χ4n) is 7.34. The molecule has 3 saturated carbocycles. The molecule has 2 saturated heterocycles. The number of likely N-dealkylation sites (tertiary alicyclic amines) is 2. The van der Waals surface area contributed by atoms with Crippen LogP contribution in [0.3, 0.4) is 0 Å². The number of amides is 2. The maximum absolute atomic E-state index is 13.3. The molecule has 1 aromatic heterocycles. The number of carbonyl (C=O) groups is 1. The van der Waals surface area contributed by atoms with Gasteiger partial charge in [-0.2, -0.15) is 18.3 Å². The highest BCUT2D eigenvalue weighted by molar-refractivity contribution is 7.93. The fourth-order valence-corrected chi connectivity index (χ4v) is 9.21. The van der Waals surface area contributed by atoms with Crippen molar-refractivity contribution in [2.45, 2.75) is 79.5 Å². The summed E-state index contributed by atoms with van der Waals surface area (Å²) in [5.74, 6) is 2.91. The van der Waals surface area contributed by atoms with Crippen LogP contribution in [0.25, 0.3) is 0 Å². The topological polar surface area (TPSA) is 106 Å². The van der Waals surface area contributed by atoms with Gasteiger partial charge in [-0.15, -0.1) is 0 Å². The normalized spacial score (nSPS) is 26.1. The van der Waals surface area contributed by atoms with E-state index in [-0.39, 0.29) is 21.8 Å². The van der Waals surface area contributed by atoms with Crippen molar-refractivity contribution < 1.29 is 22.2 Å². The molecule has 2 aromatic rings. The van der Waals surface area contributed by atoms with Gasteiger partial charge in [0.25, 0.3) is 0 Å². The second kappa shape index (κ2) is 8.44. The Kier molecular flexibility index (Phi) is 5.48. The summed E-state index contributed by atoms with van der Waals surface area (Å²) in [4.78, 5) is 21.6. The van der Waals surface area contributed by atoms with E-state index in [0.717, 1.165) is 62.6 Å². The number of hydrogen-bond donors (Lipinski definition) is 2. The second-order valence-electron chi connectivity index (χ2n) is 12.8. The van der Waals surface area contributed by atoms with Gasteiger partial charge >= 0.3 is 12.2 Å². The summed E-state index contributed by atoms with van der Waals surface area (Å²) in [5, 5.41) is 7.05.